The molecule has 0 radical (unpaired) electrons. The zero-order valence-electron chi connectivity index (χ0n) is 54.2. The van der Waals surface area contributed by atoms with Gasteiger partial charge in [-0.25, -0.2) is 0 Å². The fourth-order valence-electron chi connectivity index (χ4n) is 10.0. The van der Waals surface area contributed by atoms with Crippen molar-refractivity contribution in [2.75, 3.05) is 13.2 Å². The smallest absolute Gasteiger partial charge is 0.306 e. The first-order valence-electron chi connectivity index (χ1n) is 35.2. The maximum Gasteiger partial charge on any atom is 0.306 e. The molecule has 0 aromatic carbocycles. The minimum Gasteiger partial charge on any atom is -0.462 e. The van der Waals surface area contributed by atoms with E-state index in [1.165, 1.54) is 193 Å². The summed E-state index contributed by atoms with van der Waals surface area (Å²) in [7, 11) is 0. The molecule has 82 heavy (non-hydrogen) atoms. The molecule has 6 nitrogen and oxygen atoms in total. The lowest BCUT2D eigenvalue weighted by atomic mass is 10.0. The van der Waals surface area contributed by atoms with Crippen LogP contribution in [0.1, 0.15) is 348 Å². The lowest BCUT2D eigenvalue weighted by molar-refractivity contribution is -0.167. The van der Waals surface area contributed by atoms with Gasteiger partial charge in [0.15, 0.2) is 6.10 Å². The van der Waals surface area contributed by atoms with Crippen LogP contribution >= 0.6 is 0 Å². The molecule has 472 valence electrons. The summed E-state index contributed by atoms with van der Waals surface area (Å²) >= 11 is 0. The summed E-state index contributed by atoms with van der Waals surface area (Å²) in [6.45, 7) is 6.48. The second-order valence-electron chi connectivity index (χ2n) is 23.4. The summed E-state index contributed by atoms with van der Waals surface area (Å²) < 4.78 is 17.0. The van der Waals surface area contributed by atoms with Gasteiger partial charge in [-0.1, -0.05) is 311 Å². The summed E-state index contributed by atoms with van der Waals surface area (Å²) in [6.07, 6.45) is 94.4. The van der Waals surface area contributed by atoms with E-state index in [-0.39, 0.29) is 31.1 Å². The molecule has 0 saturated carbocycles. The van der Waals surface area contributed by atoms with Gasteiger partial charge in [-0.3, -0.25) is 14.4 Å². The maximum atomic E-state index is 12.9. The molecule has 0 rings (SSSR count). The molecule has 1 atom stereocenters. The van der Waals surface area contributed by atoms with E-state index in [1.54, 1.807) is 0 Å². The van der Waals surface area contributed by atoms with Gasteiger partial charge in [0.25, 0.3) is 0 Å². The van der Waals surface area contributed by atoms with E-state index in [4.69, 9.17) is 14.2 Å². The Kier molecular flexibility index (Phi) is 66.7. The number of esters is 3. The van der Waals surface area contributed by atoms with Crippen LogP contribution in [-0.4, -0.2) is 37.2 Å². The highest BCUT2D eigenvalue weighted by Crippen LogP contribution is 2.17. The van der Waals surface area contributed by atoms with Crippen LogP contribution in [0, 0.1) is 0 Å². The standard InChI is InChI=1S/C76H132O6/c1-4-7-10-13-16-19-22-25-27-29-31-32-33-34-35-36-37-38-39-40-41-42-43-44-45-47-48-51-54-57-60-63-66-69-75(78)81-72-73(71-80-74(77)68-65-62-59-56-53-50-24-21-18-15-12-9-6-3)82-76(79)70-67-64-61-58-55-52-49-46-30-28-26-23-20-17-14-11-8-5-2/h7,10,12,15-16,19,21,24-25,27-28,30-32,34-35,73H,4-6,8-9,11,13-14,17-18,20,22-23,26,29,33,36-72H2,1-3H3/b10-7-,15-12-,19-16-,24-21-,27-25-,30-28-,32-31-,35-34-. The van der Waals surface area contributed by atoms with Crippen molar-refractivity contribution in [2.45, 2.75) is 354 Å². The van der Waals surface area contributed by atoms with Crippen molar-refractivity contribution in [1.82, 2.24) is 0 Å². The average molecular weight is 1140 g/mol. The van der Waals surface area contributed by atoms with E-state index >= 15 is 0 Å². The SMILES string of the molecule is CC/C=C\C/C=C\C/C=C\C/C=C\C/C=C\CCCCCCCCCCCCCCCCCCCC(=O)OCC(COC(=O)CCCCCCC/C=C\C/C=C\CCC)OC(=O)CCCCCCCCC/C=C\CCCCCCCCC. The fourth-order valence-corrected chi connectivity index (χ4v) is 10.0. The predicted molar refractivity (Wildman–Crippen MR) is 357 cm³/mol. The third kappa shape index (κ3) is 67.1. The van der Waals surface area contributed by atoms with Gasteiger partial charge in [-0.2, -0.15) is 0 Å². The summed E-state index contributed by atoms with van der Waals surface area (Å²) in [5, 5.41) is 0. The lowest BCUT2D eigenvalue weighted by Gasteiger charge is -2.18. The summed E-state index contributed by atoms with van der Waals surface area (Å²) in [5.41, 5.74) is 0. The molecule has 6 heteroatoms. The normalized spacial score (nSPS) is 12.7. The van der Waals surface area contributed by atoms with Gasteiger partial charge in [0.05, 0.1) is 0 Å². The molecular formula is C76H132O6. The highest BCUT2D eigenvalue weighted by Gasteiger charge is 2.19. The third-order valence-electron chi connectivity index (χ3n) is 15.3. The molecule has 0 amide bonds. The zero-order valence-corrected chi connectivity index (χ0v) is 54.2. The number of unbranched alkanes of at least 4 members (excludes halogenated alkanes) is 37. The van der Waals surface area contributed by atoms with Gasteiger partial charge in [-0.05, 0) is 116 Å². The van der Waals surface area contributed by atoms with E-state index in [0.29, 0.717) is 19.3 Å². The van der Waals surface area contributed by atoms with Crippen LogP contribution in [0.25, 0.3) is 0 Å². The van der Waals surface area contributed by atoms with Gasteiger partial charge in [-0.15, -0.1) is 0 Å². The zero-order chi connectivity index (χ0) is 59.2. The molecule has 0 spiro atoms. The molecule has 1 unspecified atom stereocenters. The van der Waals surface area contributed by atoms with Crippen LogP contribution in [-0.2, 0) is 28.6 Å². The quantitative estimate of drug-likeness (QED) is 0.0261. The third-order valence-corrected chi connectivity index (χ3v) is 15.3. The Labute approximate surface area is 508 Å². The van der Waals surface area contributed by atoms with E-state index in [9.17, 15) is 14.4 Å². The number of hydrogen-bond acceptors (Lipinski definition) is 6. The van der Waals surface area contributed by atoms with Crippen LogP contribution < -0.4 is 0 Å². The van der Waals surface area contributed by atoms with Gasteiger partial charge >= 0.3 is 17.9 Å². The van der Waals surface area contributed by atoms with Gasteiger partial charge in [0.2, 0.25) is 0 Å². The van der Waals surface area contributed by atoms with Crippen LogP contribution in [0.4, 0.5) is 0 Å². The summed E-state index contributed by atoms with van der Waals surface area (Å²) in [4.78, 5) is 38.4. The van der Waals surface area contributed by atoms with Crippen molar-refractivity contribution in [3.8, 4) is 0 Å². The molecule has 0 fully saturated rings. The molecule has 0 N–H and O–H groups in total. The predicted octanol–water partition coefficient (Wildman–Crippen LogP) is 24.4. The van der Waals surface area contributed by atoms with E-state index in [0.717, 1.165) is 116 Å². The number of rotatable bonds is 64. The molecule has 0 bridgehead atoms. The highest BCUT2D eigenvalue weighted by molar-refractivity contribution is 5.71. The molecular weight excluding hydrogens is 1010 g/mol. The van der Waals surface area contributed by atoms with Crippen molar-refractivity contribution < 1.29 is 28.6 Å². The Morgan fingerprint density at radius 1 is 0.256 bits per heavy atom. The highest BCUT2D eigenvalue weighted by atomic mass is 16.6. The Hall–Kier alpha value is -3.67. The van der Waals surface area contributed by atoms with Gasteiger partial charge in [0.1, 0.15) is 13.2 Å². The molecule has 0 aliphatic rings. The number of ether oxygens (including phenoxy) is 3. The Balaban J connectivity index is 4.18. The molecule has 0 saturated heterocycles. The minimum atomic E-state index is -0.785. The van der Waals surface area contributed by atoms with Crippen molar-refractivity contribution in [2.24, 2.45) is 0 Å². The first kappa shape index (κ1) is 78.3. The molecule has 0 aliphatic heterocycles. The topological polar surface area (TPSA) is 78.9 Å². The Morgan fingerprint density at radius 2 is 0.500 bits per heavy atom. The monoisotopic (exact) mass is 1140 g/mol. The van der Waals surface area contributed by atoms with Gasteiger partial charge in [0, 0.05) is 19.3 Å². The van der Waals surface area contributed by atoms with E-state index in [1.807, 2.05) is 0 Å². The molecule has 0 aliphatic carbocycles. The first-order chi connectivity index (χ1) is 40.5. The second-order valence-corrected chi connectivity index (χ2v) is 23.4. The van der Waals surface area contributed by atoms with Crippen molar-refractivity contribution >= 4 is 17.9 Å². The molecule has 0 aromatic rings. The van der Waals surface area contributed by atoms with Crippen LogP contribution in [0.5, 0.6) is 0 Å². The largest absolute Gasteiger partial charge is 0.462 e. The Bertz CT molecular complexity index is 1590. The van der Waals surface area contributed by atoms with E-state index in [2.05, 4.69) is 118 Å². The Morgan fingerprint density at radius 3 is 0.805 bits per heavy atom. The minimum absolute atomic E-state index is 0.0802. The number of carbonyl (C=O) groups excluding carboxylic acids is 3. The van der Waals surface area contributed by atoms with Crippen molar-refractivity contribution in [1.29, 1.82) is 0 Å². The van der Waals surface area contributed by atoms with Crippen LogP contribution in [0.3, 0.4) is 0 Å². The summed E-state index contributed by atoms with van der Waals surface area (Å²) in [5.74, 6) is -0.883. The number of allylic oxidation sites excluding steroid dienone is 16. The molecule has 0 aromatic heterocycles. The second kappa shape index (κ2) is 69.8. The first-order valence-corrected chi connectivity index (χ1v) is 35.2. The van der Waals surface area contributed by atoms with Gasteiger partial charge < -0.3 is 14.2 Å². The van der Waals surface area contributed by atoms with Crippen LogP contribution in [0.15, 0.2) is 97.2 Å². The average Bonchev–Trinajstić information content (AvgIpc) is 3.47. The number of carbonyl (C=O) groups is 3. The van der Waals surface area contributed by atoms with E-state index < -0.39 is 6.10 Å². The van der Waals surface area contributed by atoms with Crippen molar-refractivity contribution in [3.63, 3.8) is 0 Å². The maximum absolute atomic E-state index is 12.9. The lowest BCUT2D eigenvalue weighted by Crippen LogP contribution is -2.30. The molecule has 0 heterocycles. The van der Waals surface area contributed by atoms with Crippen molar-refractivity contribution in [3.05, 3.63) is 97.2 Å². The summed E-state index contributed by atoms with van der Waals surface area (Å²) in [6, 6.07) is 0. The van der Waals surface area contributed by atoms with Crippen LogP contribution in [0.2, 0.25) is 0 Å². The fraction of sp³-hybridized carbons (Fsp3) is 0.750. The number of hydrogen-bond donors (Lipinski definition) is 0.